The predicted octanol–water partition coefficient (Wildman–Crippen LogP) is 0.341. The van der Waals surface area contributed by atoms with Gasteiger partial charge in [0.25, 0.3) is 0 Å². The van der Waals surface area contributed by atoms with E-state index in [0.29, 0.717) is 0 Å². The third-order valence-electron chi connectivity index (χ3n) is 3.25. The molecule has 5 heteroatoms. The van der Waals surface area contributed by atoms with E-state index in [1.807, 2.05) is 0 Å². The third kappa shape index (κ3) is 5.80. The van der Waals surface area contributed by atoms with Gasteiger partial charge in [-0.2, -0.15) is 0 Å². The minimum Gasteiger partial charge on any atom is -0.377 e. The van der Waals surface area contributed by atoms with Gasteiger partial charge in [-0.15, -0.1) is 0 Å². The van der Waals surface area contributed by atoms with Crippen molar-refractivity contribution in [1.29, 1.82) is 0 Å². The van der Waals surface area contributed by atoms with Crippen LogP contribution in [0.5, 0.6) is 0 Å². The van der Waals surface area contributed by atoms with Gasteiger partial charge in [0, 0.05) is 26.2 Å². The molecule has 1 rings (SSSR count). The Labute approximate surface area is 110 Å². The van der Waals surface area contributed by atoms with Gasteiger partial charge in [-0.1, -0.05) is 6.92 Å². The zero-order valence-corrected chi connectivity index (χ0v) is 11.7. The second kappa shape index (κ2) is 8.45. The zero-order chi connectivity index (χ0) is 13.4. The van der Waals surface area contributed by atoms with Gasteiger partial charge in [0.1, 0.15) is 0 Å². The van der Waals surface area contributed by atoms with Gasteiger partial charge in [-0.05, 0) is 32.7 Å². The third-order valence-corrected chi connectivity index (χ3v) is 3.25. The molecule has 0 aromatic heterocycles. The number of amides is 1. The number of hydrogen-bond donors (Lipinski definition) is 2. The molecule has 0 radical (unpaired) electrons. The smallest absolute Gasteiger partial charge is 0.234 e. The highest BCUT2D eigenvalue weighted by Crippen LogP contribution is 2.06. The molecule has 0 spiro atoms. The van der Waals surface area contributed by atoms with E-state index in [1.165, 1.54) is 0 Å². The van der Waals surface area contributed by atoms with E-state index < -0.39 is 0 Å². The Kier molecular flexibility index (Phi) is 7.23. The minimum absolute atomic E-state index is 0.204. The molecule has 0 saturated carbocycles. The van der Waals surface area contributed by atoms with Crippen LogP contribution in [0.3, 0.4) is 0 Å². The maximum atomic E-state index is 11.3. The molecule has 1 amide bonds. The quantitative estimate of drug-likeness (QED) is 0.690. The number of nitrogens with one attached hydrogen (secondary N) is 1. The van der Waals surface area contributed by atoms with Crippen LogP contribution in [-0.4, -0.2) is 55.7 Å². The average Bonchev–Trinajstić information content (AvgIpc) is 2.53. The molecule has 1 fully saturated rings. The van der Waals surface area contributed by atoms with E-state index >= 15 is 0 Å². The van der Waals surface area contributed by atoms with Crippen LogP contribution < -0.4 is 11.1 Å². The van der Waals surface area contributed by atoms with Gasteiger partial charge < -0.3 is 20.7 Å². The first-order chi connectivity index (χ1) is 8.63. The normalized spacial score (nSPS) is 23.6. The molecular formula is C13H27N3O2. The maximum Gasteiger partial charge on any atom is 0.234 e. The lowest BCUT2D eigenvalue weighted by Crippen LogP contribution is -2.44. The summed E-state index contributed by atoms with van der Waals surface area (Å²) in [5.74, 6) is -0.248. The summed E-state index contributed by atoms with van der Waals surface area (Å²) >= 11 is 0. The summed E-state index contributed by atoms with van der Waals surface area (Å²) < 4.78 is 5.60. The predicted molar refractivity (Wildman–Crippen MR) is 72.4 cm³/mol. The Bertz CT molecular complexity index is 248. The summed E-state index contributed by atoms with van der Waals surface area (Å²) in [4.78, 5) is 13.7. The summed E-state index contributed by atoms with van der Waals surface area (Å²) in [6.45, 7) is 8.75. The van der Waals surface area contributed by atoms with Crippen molar-refractivity contribution in [3.8, 4) is 0 Å². The van der Waals surface area contributed by atoms with Crippen LogP contribution in [-0.2, 0) is 9.53 Å². The Morgan fingerprint density at radius 1 is 1.61 bits per heavy atom. The number of hydrogen-bond acceptors (Lipinski definition) is 4. The lowest BCUT2D eigenvalue weighted by molar-refractivity contribution is -0.120. The highest BCUT2D eigenvalue weighted by atomic mass is 16.5. The van der Waals surface area contributed by atoms with E-state index in [4.69, 9.17) is 10.5 Å². The molecule has 5 nitrogen and oxygen atoms in total. The Hall–Kier alpha value is -0.650. The summed E-state index contributed by atoms with van der Waals surface area (Å²) in [6.07, 6.45) is 3.14. The van der Waals surface area contributed by atoms with Crippen LogP contribution in [0.1, 0.15) is 33.1 Å². The first kappa shape index (κ1) is 15.4. The molecule has 3 N–H and O–H groups in total. The molecule has 0 aromatic carbocycles. The molecule has 106 valence electrons. The van der Waals surface area contributed by atoms with Crippen molar-refractivity contribution in [1.82, 2.24) is 10.2 Å². The van der Waals surface area contributed by atoms with Crippen LogP contribution in [0, 0.1) is 0 Å². The van der Waals surface area contributed by atoms with Crippen LogP contribution >= 0.6 is 0 Å². The highest BCUT2D eigenvalue weighted by Gasteiger charge is 2.18. The average molecular weight is 257 g/mol. The zero-order valence-electron chi connectivity index (χ0n) is 11.7. The Morgan fingerprint density at radius 3 is 3.06 bits per heavy atom. The van der Waals surface area contributed by atoms with Gasteiger partial charge in [0.15, 0.2) is 0 Å². The standard InChI is InChI=1S/C13H27N3O2/c1-3-6-15-12(13(14)17)5-8-16-7-4-9-18-11(2)10-16/h11-12,15H,3-10H2,1-2H3,(H2,14,17). The van der Waals surface area contributed by atoms with Gasteiger partial charge >= 0.3 is 0 Å². The monoisotopic (exact) mass is 257 g/mol. The largest absolute Gasteiger partial charge is 0.377 e. The second-order valence-electron chi connectivity index (χ2n) is 5.03. The van der Waals surface area contributed by atoms with Crippen LogP contribution in [0.25, 0.3) is 0 Å². The van der Waals surface area contributed by atoms with E-state index in [9.17, 15) is 4.79 Å². The lowest BCUT2D eigenvalue weighted by atomic mass is 10.1. The fourth-order valence-corrected chi connectivity index (χ4v) is 2.26. The summed E-state index contributed by atoms with van der Waals surface area (Å²) in [5, 5.41) is 3.20. The van der Waals surface area contributed by atoms with Crippen molar-refractivity contribution in [2.75, 3.05) is 32.8 Å². The molecule has 2 atom stereocenters. The molecular weight excluding hydrogens is 230 g/mol. The second-order valence-corrected chi connectivity index (χ2v) is 5.03. The molecule has 1 aliphatic rings. The number of ether oxygens (including phenoxy) is 1. The number of rotatable bonds is 7. The summed E-state index contributed by atoms with van der Waals surface area (Å²) in [5.41, 5.74) is 5.41. The summed E-state index contributed by atoms with van der Waals surface area (Å²) in [6, 6.07) is -0.204. The van der Waals surface area contributed by atoms with Crippen molar-refractivity contribution in [3.05, 3.63) is 0 Å². The molecule has 0 aliphatic carbocycles. The molecule has 2 unspecified atom stereocenters. The molecule has 1 heterocycles. The van der Waals surface area contributed by atoms with Crippen molar-refractivity contribution >= 4 is 5.91 Å². The van der Waals surface area contributed by atoms with Gasteiger partial charge in [-0.3, -0.25) is 4.79 Å². The first-order valence-corrected chi connectivity index (χ1v) is 7.00. The first-order valence-electron chi connectivity index (χ1n) is 7.00. The van der Waals surface area contributed by atoms with Gasteiger partial charge in [0.2, 0.25) is 5.91 Å². The number of carbonyl (C=O) groups excluding carboxylic acids is 1. The Balaban J connectivity index is 2.33. The van der Waals surface area contributed by atoms with Crippen molar-refractivity contribution in [2.24, 2.45) is 5.73 Å². The van der Waals surface area contributed by atoms with Crippen LogP contribution in [0.15, 0.2) is 0 Å². The SMILES string of the molecule is CCCNC(CCN1CCCOC(C)C1)C(N)=O. The minimum atomic E-state index is -0.248. The molecule has 1 aliphatic heterocycles. The van der Waals surface area contributed by atoms with E-state index in [1.54, 1.807) is 0 Å². The fraction of sp³-hybridized carbons (Fsp3) is 0.923. The highest BCUT2D eigenvalue weighted by molar-refractivity contribution is 5.79. The number of carbonyl (C=O) groups is 1. The van der Waals surface area contributed by atoms with Crippen molar-refractivity contribution < 1.29 is 9.53 Å². The fourth-order valence-electron chi connectivity index (χ4n) is 2.26. The molecule has 18 heavy (non-hydrogen) atoms. The van der Waals surface area contributed by atoms with Gasteiger partial charge in [-0.25, -0.2) is 0 Å². The number of nitrogens with two attached hydrogens (primary N) is 1. The Morgan fingerprint density at radius 2 is 2.39 bits per heavy atom. The van der Waals surface area contributed by atoms with Crippen molar-refractivity contribution in [3.63, 3.8) is 0 Å². The van der Waals surface area contributed by atoms with Crippen LogP contribution in [0.4, 0.5) is 0 Å². The van der Waals surface area contributed by atoms with E-state index in [0.717, 1.165) is 52.0 Å². The molecule has 1 saturated heterocycles. The summed E-state index contributed by atoms with van der Waals surface area (Å²) in [7, 11) is 0. The van der Waals surface area contributed by atoms with Crippen LogP contribution in [0.2, 0.25) is 0 Å². The number of nitrogens with zero attached hydrogens (tertiary/aromatic N) is 1. The number of primary amides is 1. The van der Waals surface area contributed by atoms with Gasteiger partial charge in [0.05, 0.1) is 12.1 Å². The van der Waals surface area contributed by atoms with E-state index in [2.05, 4.69) is 24.1 Å². The molecule has 0 aromatic rings. The van der Waals surface area contributed by atoms with Crippen molar-refractivity contribution in [2.45, 2.75) is 45.3 Å². The maximum absolute atomic E-state index is 11.3. The van der Waals surface area contributed by atoms with E-state index in [-0.39, 0.29) is 18.1 Å². The molecule has 0 bridgehead atoms. The lowest BCUT2D eigenvalue weighted by Gasteiger charge is -2.24. The topological polar surface area (TPSA) is 67.6 Å².